The number of hydrogen-bond acceptors (Lipinski definition) is 5. The highest BCUT2D eigenvalue weighted by molar-refractivity contribution is 5.97. The Balaban J connectivity index is 1.45. The van der Waals surface area contributed by atoms with Crippen LogP contribution in [-0.2, 0) is 11.0 Å². The van der Waals surface area contributed by atoms with Crippen molar-refractivity contribution in [1.82, 2.24) is 25.4 Å². The lowest BCUT2D eigenvalue weighted by Gasteiger charge is -2.15. The number of halogens is 3. The Labute approximate surface area is 191 Å². The van der Waals surface area contributed by atoms with E-state index in [0.29, 0.717) is 24.2 Å². The minimum absolute atomic E-state index is 0.00902. The second-order valence-electron chi connectivity index (χ2n) is 7.75. The predicted octanol–water partition coefficient (Wildman–Crippen LogP) is 2.72. The summed E-state index contributed by atoms with van der Waals surface area (Å²) in [5, 5.41) is 12.3. The number of amides is 2. The first-order valence-electron chi connectivity index (χ1n) is 10.5. The summed E-state index contributed by atoms with van der Waals surface area (Å²) >= 11 is 0. The van der Waals surface area contributed by atoms with Gasteiger partial charge in [-0.2, -0.15) is 17.9 Å². The highest BCUT2D eigenvalue weighted by Gasteiger charge is 2.30. The van der Waals surface area contributed by atoms with Gasteiger partial charge in [-0.05, 0) is 61.7 Å². The van der Waals surface area contributed by atoms with Gasteiger partial charge in [0, 0.05) is 17.8 Å². The summed E-state index contributed by atoms with van der Waals surface area (Å²) in [5.74, 6) is -0.588. The van der Waals surface area contributed by atoms with E-state index in [4.69, 9.17) is 0 Å². The molecule has 9 nitrogen and oxygen atoms in total. The van der Waals surface area contributed by atoms with Crippen LogP contribution in [0.25, 0.3) is 5.69 Å². The van der Waals surface area contributed by atoms with Crippen LogP contribution in [0.5, 0.6) is 0 Å². The Bertz CT molecular complexity index is 1250. The zero-order valence-electron chi connectivity index (χ0n) is 17.8. The van der Waals surface area contributed by atoms with Gasteiger partial charge in [-0.25, -0.2) is 4.79 Å². The van der Waals surface area contributed by atoms with E-state index in [1.807, 2.05) is 0 Å². The van der Waals surface area contributed by atoms with E-state index in [9.17, 15) is 27.6 Å². The molecule has 0 radical (unpaired) electrons. The van der Waals surface area contributed by atoms with E-state index in [-0.39, 0.29) is 17.5 Å². The van der Waals surface area contributed by atoms with E-state index in [2.05, 4.69) is 26.0 Å². The topological polar surface area (TPSA) is 121 Å². The molecule has 0 spiro atoms. The Hall–Kier alpha value is -4.09. The van der Waals surface area contributed by atoms with Crippen molar-refractivity contribution in [3.8, 4) is 5.69 Å². The van der Waals surface area contributed by atoms with Gasteiger partial charge < -0.3 is 16.0 Å². The van der Waals surface area contributed by atoms with Crippen LogP contribution in [-0.4, -0.2) is 39.2 Å². The van der Waals surface area contributed by atoms with Crippen molar-refractivity contribution in [3.63, 3.8) is 0 Å². The Morgan fingerprint density at radius 3 is 2.59 bits per heavy atom. The maximum Gasteiger partial charge on any atom is 0.416 e. The zero-order valence-corrected chi connectivity index (χ0v) is 17.8. The van der Waals surface area contributed by atoms with Crippen LogP contribution in [0.4, 0.5) is 24.8 Å². The van der Waals surface area contributed by atoms with Crippen LogP contribution in [0, 0.1) is 0 Å². The summed E-state index contributed by atoms with van der Waals surface area (Å²) in [7, 11) is 0. The molecule has 1 unspecified atom stereocenters. The molecule has 3 aromatic rings. The number of nitrogens with one attached hydrogen (secondary N) is 4. The summed E-state index contributed by atoms with van der Waals surface area (Å²) in [4.78, 5) is 39.1. The number of nitrogens with zero attached hydrogens (tertiary/aromatic N) is 2. The van der Waals surface area contributed by atoms with Crippen molar-refractivity contribution in [2.24, 2.45) is 0 Å². The third-order valence-electron chi connectivity index (χ3n) is 5.29. The van der Waals surface area contributed by atoms with Crippen LogP contribution < -0.4 is 21.6 Å². The molecule has 1 aromatic heterocycles. The molecule has 34 heavy (non-hydrogen) atoms. The van der Waals surface area contributed by atoms with Gasteiger partial charge >= 0.3 is 11.9 Å². The average molecular weight is 474 g/mol. The Kier molecular flexibility index (Phi) is 6.39. The highest BCUT2D eigenvalue weighted by Crippen LogP contribution is 2.30. The van der Waals surface area contributed by atoms with Gasteiger partial charge in [-0.1, -0.05) is 6.07 Å². The summed E-state index contributed by atoms with van der Waals surface area (Å²) in [6, 6.07) is 9.89. The fourth-order valence-electron chi connectivity index (χ4n) is 3.53. The Morgan fingerprint density at radius 1 is 1.09 bits per heavy atom. The third-order valence-corrected chi connectivity index (χ3v) is 5.29. The predicted molar refractivity (Wildman–Crippen MR) is 117 cm³/mol. The van der Waals surface area contributed by atoms with Crippen molar-refractivity contribution in [2.45, 2.75) is 31.5 Å². The molecular weight excluding hydrogens is 453 g/mol. The van der Waals surface area contributed by atoms with Crippen LogP contribution >= 0.6 is 0 Å². The molecule has 12 heteroatoms. The monoisotopic (exact) mass is 474 g/mol. The van der Waals surface area contributed by atoms with E-state index in [1.54, 1.807) is 12.1 Å². The molecule has 2 aromatic carbocycles. The average Bonchev–Trinajstić information content (AvgIpc) is 3.05. The van der Waals surface area contributed by atoms with Crippen molar-refractivity contribution in [3.05, 3.63) is 70.1 Å². The number of aromatic amines is 1. The molecule has 1 atom stereocenters. The normalized spacial score (nSPS) is 16.4. The molecule has 4 N–H and O–H groups in total. The second kappa shape index (κ2) is 9.41. The molecule has 1 fully saturated rings. The number of anilines is 2. The maximum atomic E-state index is 13.0. The molecule has 2 heterocycles. The molecule has 2 amide bonds. The highest BCUT2D eigenvalue weighted by atomic mass is 19.4. The van der Waals surface area contributed by atoms with Gasteiger partial charge in [-0.15, -0.1) is 5.10 Å². The fourth-order valence-corrected chi connectivity index (χ4v) is 3.53. The number of H-pyrrole nitrogens is 1. The number of carbonyl (C=O) groups is 2. The van der Waals surface area contributed by atoms with Crippen molar-refractivity contribution < 1.29 is 22.8 Å². The van der Waals surface area contributed by atoms with Gasteiger partial charge in [0.1, 0.15) is 6.04 Å². The van der Waals surface area contributed by atoms with E-state index in [1.165, 1.54) is 24.3 Å². The first kappa shape index (κ1) is 23.1. The summed E-state index contributed by atoms with van der Waals surface area (Å²) in [6.45, 7) is 0.594. The van der Waals surface area contributed by atoms with Gasteiger partial charge in [0.2, 0.25) is 11.9 Å². The number of carbonyl (C=O) groups excluding carboxylic acids is 2. The van der Waals surface area contributed by atoms with Gasteiger partial charge in [-0.3, -0.25) is 14.6 Å². The van der Waals surface area contributed by atoms with E-state index < -0.39 is 29.4 Å². The van der Waals surface area contributed by atoms with Crippen molar-refractivity contribution in [1.29, 1.82) is 0 Å². The van der Waals surface area contributed by atoms with Crippen LogP contribution in [0.3, 0.4) is 0 Å². The maximum absolute atomic E-state index is 13.0. The van der Waals surface area contributed by atoms with Crippen LogP contribution in [0.1, 0.15) is 35.2 Å². The van der Waals surface area contributed by atoms with Gasteiger partial charge in [0.05, 0.1) is 11.3 Å². The molecule has 0 aliphatic carbocycles. The SMILES string of the molecule is O=C(NC1CCCCNC1=O)c1ccc(Nc2nn(-c3cccc(C(F)(F)F)c3)c(=O)[nH]2)cc1. The van der Waals surface area contributed by atoms with E-state index in [0.717, 1.165) is 29.7 Å². The molecule has 1 saturated heterocycles. The van der Waals surface area contributed by atoms with E-state index >= 15 is 0 Å². The summed E-state index contributed by atoms with van der Waals surface area (Å²) in [6.07, 6.45) is -2.29. The largest absolute Gasteiger partial charge is 0.416 e. The zero-order chi connectivity index (χ0) is 24.3. The van der Waals surface area contributed by atoms with Gasteiger partial charge in [0.15, 0.2) is 0 Å². The summed E-state index contributed by atoms with van der Waals surface area (Å²) in [5.41, 5.74) is -0.845. The second-order valence-corrected chi connectivity index (χ2v) is 7.75. The van der Waals surface area contributed by atoms with Crippen molar-refractivity contribution in [2.75, 3.05) is 11.9 Å². The lowest BCUT2D eigenvalue weighted by molar-refractivity contribution is -0.137. The molecule has 1 aliphatic heterocycles. The van der Waals surface area contributed by atoms with Crippen LogP contribution in [0.2, 0.25) is 0 Å². The molecule has 178 valence electrons. The minimum Gasteiger partial charge on any atom is -0.354 e. The first-order chi connectivity index (χ1) is 16.2. The number of aromatic nitrogens is 3. The molecule has 1 aliphatic rings. The Morgan fingerprint density at radius 2 is 1.85 bits per heavy atom. The van der Waals surface area contributed by atoms with Crippen LogP contribution in [0.15, 0.2) is 53.3 Å². The quantitative estimate of drug-likeness (QED) is 0.453. The number of rotatable bonds is 5. The lowest BCUT2D eigenvalue weighted by Crippen LogP contribution is -2.45. The van der Waals surface area contributed by atoms with Crippen molar-refractivity contribution >= 4 is 23.5 Å². The number of benzene rings is 2. The number of hydrogen-bond donors (Lipinski definition) is 4. The minimum atomic E-state index is -4.55. The molecule has 0 bridgehead atoms. The number of alkyl halides is 3. The fraction of sp³-hybridized carbons (Fsp3) is 0.273. The molecule has 4 rings (SSSR count). The standard InChI is InChI=1S/C22H21F3N6O3/c23-22(24,25)14-4-3-5-16(12-14)31-21(34)29-20(30-31)27-15-9-7-13(8-10-15)18(32)28-17-6-1-2-11-26-19(17)33/h3-5,7-10,12,17H,1-2,6,11H2,(H,26,33)(H,28,32)(H2,27,29,30,34). The molecular formula is C22H21F3N6O3. The van der Waals surface area contributed by atoms with Gasteiger partial charge in [0.25, 0.3) is 5.91 Å². The summed E-state index contributed by atoms with van der Waals surface area (Å²) < 4.78 is 39.7. The smallest absolute Gasteiger partial charge is 0.354 e. The lowest BCUT2D eigenvalue weighted by atomic mass is 10.1. The first-order valence-corrected chi connectivity index (χ1v) is 10.5. The molecule has 0 saturated carbocycles. The third kappa shape index (κ3) is 5.27.